The lowest BCUT2D eigenvalue weighted by atomic mass is 10.1. The standard InChI is InChI=1S/C29H40N8O4/c1-19-12-26(36-8-4-34(5-9-36)15-22-13-30-20(2)27(40)24(22)17-38)33-29(32-19)37-10-6-35(7-11-37)16-23-14-31-21(3)28(41)25(23)18-39/h12-14,38-41H,4-11,15-18H2,1-3H3. The van der Waals surface area contributed by atoms with E-state index in [2.05, 4.69) is 29.6 Å². The Morgan fingerprint density at radius 3 is 1.59 bits per heavy atom. The second-order valence-electron chi connectivity index (χ2n) is 10.9. The highest BCUT2D eigenvalue weighted by Crippen LogP contribution is 2.27. The van der Waals surface area contributed by atoms with Crippen molar-refractivity contribution in [2.45, 2.75) is 47.1 Å². The summed E-state index contributed by atoms with van der Waals surface area (Å²) < 4.78 is 0. The molecule has 5 heterocycles. The zero-order chi connectivity index (χ0) is 29.1. The molecule has 2 aliphatic rings. The van der Waals surface area contributed by atoms with E-state index in [-0.39, 0.29) is 24.7 Å². The zero-order valence-corrected chi connectivity index (χ0v) is 24.1. The van der Waals surface area contributed by atoms with Crippen LogP contribution < -0.4 is 9.80 Å². The summed E-state index contributed by atoms with van der Waals surface area (Å²) >= 11 is 0. The van der Waals surface area contributed by atoms with Gasteiger partial charge < -0.3 is 30.2 Å². The highest BCUT2D eigenvalue weighted by Gasteiger charge is 2.24. The molecule has 0 aromatic carbocycles. The molecular weight excluding hydrogens is 524 g/mol. The van der Waals surface area contributed by atoms with Gasteiger partial charge in [-0.05, 0) is 31.9 Å². The summed E-state index contributed by atoms with van der Waals surface area (Å²) in [6.45, 7) is 12.8. The van der Waals surface area contributed by atoms with Crippen LogP contribution in [0, 0.1) is 20.8 Å². The molecule has 2 saturated heterocycles. The molecule has 0 radical (unpaired) electrons. The van der Waals surface area contributed by atoms with Crippen molar-refractivity contribution in [2.24, 2.45) is 0 Å². The molecule has 12 heteroatoms. The van der Waals surface area contributed by atoms with Crippen molar-refractivity contribution in [3.05, 3.63) is 57.8 Å². The summed E-state index contributed by atoms with van der Waals surface area (Å²) in [7, 11) is 0. The van der Waals surface area contributed by atoms with Gasteiger partial charge in [-0.3, -0.25) is 19.8 Å². The monoisotopic (exact) mass is 564 g/mol. The van der Waals surface area contributed by atoms with Crippen LogP contribution in [0.5, 0.6) is 11.5 Å². The molecule has 0 amide bonds. The van der Waals surface area contributed by atoms with Gasteiger partial charge in [0.1, 0.15) is 17.3 Å². The summed E-state index contributed by atoms with van der Waals surface area (Å²) in [6.07, 6.45) is 3.50. The minimum atomic E-state index is -0.213. The molecule has 0 aliphatic carbocycles. The summed E-state index contributed by atoms with van der Waals surface area (Å²) in [6, 6.07) is 2.04. The molecule has 12 nitrogen and oxygen atoms in total. The van der Waals surface area contributed by atoms with E-state index in [1.807, 2.05) is 13.0 Å². The van der Waals surface area contributed by atoms with Crippen LogP contribution in [-0.4, -0.2) is 103 Å². The van der Waals surface area contributed by atoms with Gasteiger partial charge >= 0.3 is 0 Å². The summed E-state index contributed by atoms with van der Waals surface area (Å²) in [4.78, 5) is 27.3. The van der Waals surface area contributed by atoms with Crippen molar-refractivity contribution in [2.75, 3.05) is 62.2 Å². The number of aliphatic hydroxyl groups excluding tert-OH is 2. The first-order chi connectivity index (χ1) is 19.8. The van der Waals surface area contributed by atoms with E-state index >= 15 is 0 Å². The van der Waals surface area contributed by atoms with Crippen molar-refractivity contribution in [1.29, 1.82) is 0 Å². The molecule has 41 heavy (non-hydrogen) atoms. The second-order valence-corrected chi connectivity index (χ2v) is 10.9. The maximum Gasteiger partial charge on any atom is 0.227 e. The molecule has 220 valence electrons. The van der Waals surface area contributed by atoms with Gasteiger partial charge in [-0.15, -0.1) is 0 Å². The molecule has 4 N–H and O–H groups in total. The SMILES string of the molecule is Cc1cc(N2CCN(Cc3cnc(C)c(O)c3CO)CC2)nc(N2CCN(Cc3cnc(C)c(O)c3CO)CC2)n1. The van der Waals surface area contributed by atoms with Crippen molar-refractivity contribution in [1.82, 2.24) is 29.7 Å². The van der Waals surface area contributed by atoms with Gasteiger partial charge in [0, 0.05) is 101 Å². The number of nitrogens with zero attached hydrogens (tertiary/aromatic N) is 8. The molecule has 5 rings (SSSR count). The zero-order valence-electron chi connectivity index (χ0n) is 24.1. The maximum atomic E-state index is 10.3. The number of aryl methyl sites for hydroxylation is 3. The highest BCUT2D eigenvalue weighted by molar-refractivity contribution is 5.47. The Kier molecular flexibility index (Phi) is 8.83. The first-order valence-corrected chi connectivity index (χ1v) is 14.1. The topological polar surface area (TPSA) is 145 Å². The predicted molar refractivity (Wildman–Crippen MR) is 155 cm³/mol. The first kappa shape index (κ1) is 28.9. The number of piperazine rings is 2. The average molecular weight is 565 g/mol. The number of hydrogen-bond acceptors (Lipinski definition) is 12. The Morgan fingerprint density at radius 2 is 1.12 bits per heavy atom. The Bertz CT molecular complexity index is 1270. The van der Waals surface area contributed by atoms with E-state index in [1.165, 1.54) is 0 Å². The van der Waals surface area contributed by atoms with Gasteiger partial charge in [0.15, 0.2) is 0 Å². The maximum absolute atomic E-state index is 10.3. The van der Waals surface area contributed by atoms with Gasteiger partial charge in [-0.25, -0.2) is 4.98 Å². The van der Waals surface area contributed by atoms with Crippen LogP contribution in [0.25, 0.3) is 0 Å². The lowest BCUT2D eigenvalue weighted by Gasteiger charge is -2.37. The normalized spacial score (nSPS) is 16.9. The van der Waals surface area contributed by atoms with Gasteiger partial charge in [-0.2, -0.15) is 4.98 Å². The predicted octanol–water partition coefficient (Wildman–Crippen LogP) is 1.23. The second kappa shape index (κ2) is 12.5. The van der Waals surface area contributed by atoms with E-state index < -0.39 is 0 Å². The number of aromatic nitrogens is 4. The highest BCUT2D eigenvalue weighted by atomic mass is 16.3. The van der Waals surface area contributed by atoms with Gasteiger partial charge in [-0.1, -0.05) is 0 Å². The molecule has 3 aromatic rings. The van der Waals surface area contributed by atoms with Crippen molar-refractivity contribution >= 4 is 11.8 Å². The molecule has 0 atom stereocenters. The smallest absolute Gasteiger partial charge is 0.227 e. The number of hydrogen-bond donors (Lipinski definition) is 4. The quantitative estimate of drug-likeness (QED) is 0.312. The lowest BCUT2D eigenvalue weighted by Crippen LogP contribution is -2.48. The number of rotatable bonds is 8. The van der Waals surface area contributed by atoms with Crippen LogP contribution in [0.15, 0.2) is 18.5 Å². The largest absolute Gasteiger partial charge is 0.506 e. The van der Waals surface area contributed by atoms with Crippen molar-refractivity contribution < 1.29 is 20.4 Å². The van der Waals surface area contributed by atoms with Crippen LogP contribution in [0.1, 0.15) is 39.3 Å². The van der Waals surface area contributed by atoms with Gasteiger partial charge in [0.2, 0.25) is 5.95 Å². The minimum Gasteiger partial charge on any atom is -0.506 e. The fraction of sp³-hybridized carbons (Fsp3) is 0.517. The Morgan fingerprint density at radius 1 is 0.659 bits per heavy atom. The average Bonchev–Trinajstić information content (AvgIpc) is 2.98. The van der Waals surface area contributed by atoms with Crippen molar-refractivity contribution in [3.63, 3.8) is 0 Å². The minimum absolute atomic E-state index is 0.0755. The van der Waals surface area contributed by atoms with Crippen LogP contribution in [0.2, 0.25) is 0 Å². The Labute approximate surface area is 240 Å². The Balaban J connectivity index is 1.18. The van der Waals surface area contributed by atoms with Crippen LogP contribution in [-0.2, 0) is 26.3 Å². The van der Waals surface area contributed by atoms with E-state index in [4.69, 9.17) is 9.97 Å². The molecule has 0 unspecified atom stereocenters. The number of aliphatic hydroxyl groups is 2. The van der Waals surface area contributed by atoms with Gasteiger partial charge in [0.25, 0.3) is 0 Å². The lowest BCUT2D eigenvalue weighted by molar-refractivity contribution is 0.238. The molecule has 0 saturated carbocycles. The molecule has 0 bridgehead atoms. The van der Waals surface area contributed by atoms with Crippen molar-refractivity contribution in [3.8, 4) is 11.5 Å². The molecule has 2 aliphatic heterocycles. The molecular formula is C29H40N8O4. The van der Waals surface area contributed by atoms with E-state index in [0.29, 0.717) is 35.6 Å². The molecule has 0 spiro atoms. The Hall–Kier alpha value is -3.58. The van der Waals surface area contributed by atoms with E-state index in [9.17, 15) is 20.4 Å². The fourth-order valence-corrected chi connectivity index (χ4v) is 5.56. The molecule has 2 fully saturated rings. The van der Waals surface area contributed by atoms with Gasteiger partial charge in [0.05, 0.1) is 24.6 Å². The summed E-state index contributed by atoms with van der Waals surface area (Å²) in [5.74, 6) is 1.82. The molecule has 3 aromatic heterocycles. The summed E-state index contributed by atoms with van der Waals surface area (Å²) in [5.41, 5.74) is 4.78. The van der Waals surface area contributed by atoms with E-state index in [0.717, 1.165) is 80.9 Å². The fourth-order valence-electron chi connectivity index (χ4n) is 5.56. The first-order valence-electron chi connectivity index (χ1n) is 14.1. The van der Waals surface area contributed by atoms with Crippen LogP contribution >= 0.6 is 0 Å². The third-order valence-corrected chi connectivity index (χ3v) is 8.14. The number of aromatic hydroxyl groups is 2. The third-order valence-electron chi connectivity index (χ3n) is 8.14. The van der Waals surface area contributed by atoms with Crippen LogP contribution in [0.3, 0.4) is 0 Å². The number of pyridine rings is 2. The van der Waals surface area contributed by atoms with Crippen LogP contribution in [0.4, 0.5) is 11.8 Å². The summed E-state index contributed by atoms with van der Waals surface area (Å²) in [5, 5.41) is 40.1. The third kappa shape index (κ3) is 6.35. The number of anilines is 2. The van der Waals surface area contributed by atoms with E-state index in [1.54, 1.807) is 26.2 Å².